The lowest BCUT2D eigenvalue weighted by molar-refractivity contribution is -0.387. The average molecular weight is 268 g/mol. The molecule has 98 valence electrons. The zero-order valence-corrected chi connectivity index (χ0v) is 10.3. The third-order valence-electron chi connectivity index (χ3n) is 3.04. The van der Waals surface area contributed by atoms with Gasteiger partial charge in [0, 0.05) is 17.0 Å². The van der Waals surface area contributed by atoms with E-state index in [-0.39, 0.29) is 0 Å². The highest BCUT2D eigenvalue weighted by Crippen LogP contribution is 2.25. The van der Waals surface area contributed by atoms with Crippen LogP contribution >= 0.6 is 0 Å². The first-order valence-electron chi connectivity index (χ1n) is 5.95. The lowest BCUT2D eigenvalue weighted by Crippen LogP contribution is -1.93. The summed E-state index contributed by atoms with van der Waals surface area (Å²) in [6.45, 7) is 0. The van der Waals surface area contributed by atoms with Crippen LogP contribution in [-0.2, 0) is 0 Å². The second-order valence-corrected chi connectivity index (χ2v) is 4.31. The van der Waals surface area contributed by atoms with Gasteiger partial charge in [-0.1, -0.05) is 24.3 Å². The molecule has 20 heavy (non-hydrogen) atoms. The number of fused-ring (bicyclic) bond motifs is 1. The highest BCUT2D eigenvalue weighted by molar-refractivity contribution is 5.81. The molecule has 0 amide bonds. The minimum Gasteiger partial charge on any atom is -0.258 e. The molecule has 0 radical (unpaired) electrons. The predicted molar refractivity (Wildman–Crippen MR) is 73.8 cm³/mol. The van der Waals surface area contributed by atoms with Crippen molar-refractivity contribution < 1.29 is 9.31 Å². The molecule has 0 aliphatic heterocycles. The Morgan fingerprint density at radius 3 is 2.60 bits per heavy atom. The zero-order chi connectivity index (χ0) is 14.1. The lowest BCUT2D eigenvalue weighted by Gasteiger charge is -2.03. The number of halogens is 1. The largest absolute Gasteiger partial charge is 0.304 e. The van der Waals surface area contributed by atoms with Crippen LogP contribution in [0.25, 0.3) is 22.2 Å². The van der Waals surface area contributed by atoms with Crippen molar-refractivity contribution in [3.8, 4) is 11.3 Å². The monoisotopic (exact) mass is 268 g/mol. The molecule has 0 unspecified atom stereocenters. The maximum atomic E-state index is 13.6. The summed E-state index contributed by atoms with van der Waals surface area (Å²) in [5, 5.41) is 11.6. The van der Waals surface area contributed by atoms with Gasteiger partial charge in [-0.25, -0.2) is 4.98 Å². The molecule has 3 rings (SSSR count). The van der Waals surface area contributed by atoms with E-state index in [0.29, 0.717) is 11.3 Å². The molecule has 0 saturated heterocycles. The molecule has 0 N–H and O–H groups in total. The topological polar surface area (TPSA) is 56.0 Å². The van der Waals surface area contributed by atoms with Crippen molar-refractivity contribution in [2.75, 3.05) is 0 Å². The number of nitro benzene ring substituents is 1. The van der Waals surface area contributed by atoms with Crippen LogP contribution in [0.3, 0.4) is 0 Å². The molecule has 1 heterocycles. The Morgan fingerprint density at radius 2 is 1.85 bits per heavy atom. The number of hydrogen-bond acceptors (Lipinski definition) is 3. The molecule has 0 aliphatic rings. The van der Waals surface area contributed by atoms with Crippen LogP contribution in [0, 0.1) is 15.9 Å². The smallest absolute Gasteiger partial charge is 0.258 e. The molecule has 2 aromatic carbocycles. The van der Waals surface area contributed by atoms with Crippen LogP contribution in [0.2, 0.25) is 0 Å². The van der Waals surface area contributed by atoms with Crippen molar-refractivity contribution in [1.29, 1.82) is 0 Å². The number of benzene rings is 2. The van der Waals surface area contributed by atoms with Gasteiger partial charge >= 0.3 is 5.69 Å². The lowest BCUT2D eigenvalue weighted by atomic mass is 10.1. The van der Waals surface area contributed by atoms with Gasteiger partial charge in [0.1, 0.15) is 0 Å². The van der Waals surface area contributed by atoms with Crippen LogP contribution in [0.5, 0.6) is 0 Å². The fourth-order valence-electron chi connectivity index (χ4n) is 2.04. The summed E-state index contributed by atoms with van der Waals surface area (Å²) >= 11 is 0. The van der Waals surface area contributed by atoms with Gasteiger partial charge in [-0.2, -0.15) is 4.39 Å². The van der Waals surface area contributed by atoms with E-state index in [2.05, 4.69) is 4.98 Å². The Labute approximate surface area is 113 Å². The van der Waals surface area contributed by atoms with Crippen molar-refractivity contribution >= 4 is 16.6 Å². The quantitative estimate of drug-likeness (QED) is 0.522. The van der Waals surface area contributed by atoms with Gasteiger partial charge in [-0.05, 0) is 24.3 Å². The zero-order valence-electron chi connectivity index (χ0n) is 10.3. The summed E-state index contributed by atoms with van der Waals surface area (Å²) in [5.41, 5.74) is 1.36. The van der Waals surface area contributed by atoms with E-state index in [9.17, 15) is 14.5 Å². The maximum Gasteiger partial charge on any atom is 0.304 e. The Hall–Kier alpha value is -2.82. The number of pyridine rings is 1. The normalized spacial score (nSPS) is 10.7. The summed E-state index contributed by atoms with van der Waals surface area (Å²) in [7, 11) is 0. The molecule has 0 fully saturated rings. The van der Waals surface area contributed by atoms with Gasteiger partial charge in [-0.3, -0.25) is 10.1 Å². The highest BCUT2D eigenvalue weighted by Gasteiger charge is 2.14. The van der Waals surface area contributed by atoms with E-state index in [1.807, 2.05) is 30.3 Å². The molecule has 1 aromatic heterocycles. The van der Waals surface area contributed by atoms with Crippen LogP contribution < -0.4 is 0 Å². The minimum absolute atomic E-state index is 0.513. The van der Waals surface area contributed by atoms with Crippen molar-refractivity contribution in [2.45, 2.75) is 0 Å². The SMILES string of the molecule is O=[N+]([O-])c1ccc(-c2ccc3ccccc3n2)cc1F. The number of para-hydroxylation sites is 1. The molecular formula is C15H9FN2O2. The Bertz CT molecular complexity index is 818. The number of aromatic nitrogens is 1. The Balaban J connectivity index is 2.11. The first-order valence-corrected chi connectivity index (χ1v) is 5.95. The summed E-state index contributed by atoms with van der Waals surface area (Å²) in [6, 6.07) is 15.0. The number of rotatable bonds is 2. The van der Waals surface area contributed by atoms with Crippen LogP contribution in [0.4, 0.5) is 10.1 Å². The fraction of sp³-hybridized carbons (Fsp3) is 0. The van der Waals surface area contributed by atoms with Crippen LogP contribution in [0.1, 0.15) is 0 Å². The van der Waals surface area contributed by atoms with Gasteiger partial charge < -0.3 is 0 Å². The molecule has 0 bridgehead atoms. The molecule has 0 saturated carbocycles. The first kappa shape index (κ1) is 12.2. The van der Waals surface area contributed by atoms with Crippen molar-refractivity contribution in [2.24, 2.45) is 0 Å². The first-order chi connectivity index (χ1) is 9.65. The third kappa shape index (κ3) is 2.09. The van der Waals surface area contributed by atoms with Crippen molar-refractivity contribution in [3.63, 3.8) is 0 Å². The van der Waals surface area contributed by atoms with Gasteiger partial charge in [0.2, 0.25) is 5.82 Å². The van der Waals surface area contributed by atoms with Gasteiger partial charge in [0.25, 0.3) is 0 Å². The second-order valence-electron chi connectivity index (χ2n) is 4.31. The van der Waals surface area contributed by atoms with Gasteiger partial charge in [0.05, 0.1) is 16.1 Å². The summed E-state index contributed by atoms with van der Waals surface area (Å²) in [5.74, 6) is -0.859. The van der Waals surface area contributed by atoms with E-state index < -0.39 is 16.4 Å². The number of nitrogens with zero attached hydrogens (tertiary/aromatic N) is 2. The highest BCUT2D eigenvalue weighted by atomic mass is 19.1. The summed E-state index contributed by atoms with van der Waals surface area (Å²) in [6.07, 6.45) is 0. The van der Waals surface area contributed by atoms with E-state index in [0.717, 1.165) is 23.0 Å². The Kier molecular flexibility index (Phi) is 2.87. The van der Waals surface area contributed by atoms with Crippen molar-refractivity contribution in [1.82, 2.24) is 4.98 Å². The molecule has 0 atom stereocenters. The third-order valence-corrected chi connectivity index (χ3v) is 3.04. The van der Waals surface area contributed by atoms with E-state index in [1.54, 1.807) is 6.07 Å². The fourth-order valence-corrected chi connectivity index (χ4v) is 2.04. The molecule has 0 aliphatic carbocycles. The molecule has 5 heteroatoms. The Morgan fingerprint density at radius 1 is 1.05 bits per heavy atom. The molecule has 4 nitrogen and oxygen atoms in total. The molecular weight excluding hydrogens is 259 g/mol. The van der Waals surface area contributed by atoms with Gasteiger partial charge in [0.15, 0.2) is 0 Å². The van der Waals surface area contributed by atoms with E-state index in [4.69, 9.17) is 0 Å². The van der Waals surface area contributed by atoms with E-state index >= 15 is 0 Å². The minimum atomic E-state index is -0.859. The average Bonchev–Trinajstić information content (AvgIpc) is 2.46. The standard InChI is InChI=1S/C15H9FN2O2/c16-12-9-11(6-8-15(12)18(19)20)14-7-5-10-3-1-2-4-13(10)17-14/h1-9H. The van der Waals surface area contributed by atoms with Crippen LogP contribution in [-0.4, -0.2) is 9.91 Å². The number of hydrogen-bond donors (Lipinski definition) is 0. The summed E-state index contributed by atoms with van der Waals surface area (Å²) in [4.78, 5) is 14.3. The molecule has 0 spiro atoms. The predicted octanol–water partition coefficient (Wildman–Crippen LogP) is 3.95. The second kappa shape index (κ2) is 4.70. The van der Waals surface area contributed by atoms with Crippen molar-refractivity contribution in [3.05, 3.63) is 70.5 Å². The van der Waals surface area contributed by atoms with E-state index in [1.165, 1.54) is 6.07 Å². The molecule has 3 aromatic rings. The van der Waals surface area contributed by atoms with Crippen LogP contribution in [0.15, 0.2) is 54.6 Å². The number of nitro groups is 1. The van der Waals surface area contributed by atoms with Gasteiger partial charge in [-0.15, -0.1) is 0 Å². The maximum absolute atomic E-state index is 13.6. The summed E-state index contributed by atoms with van der Waals surface area (Å²) < 4.78 is 13.6.